The Bertz CT molecular complexity index is 410. The highest BCUT2D eigenvalue weighted by Gasteiger charge is 2.15. The van der Waals surface area contributed by atoms with E-state index < -0.39 is 0 Å². The van der Waals surface area contributed by atoms with Gasteiger partial charge in [0.25, 0.3) is 0 Å². The number of benzene rings is 1. The molecule has 1 fully saturated rings. The van der Waals surface area contributed by atoms with Gasteiger partial charge in [0, 0.05) is 23.4 Å². The molecule has 0 amide bonds. The van der Waals surface area contributed by atoms with Crippen molar-refractivity contribution in [3.63, 3.8) is 0 Å². The van der Waals surface area contributed by atoms with Gasteiger partial charge < -0.3 is 4.74 Å². The number of halogens is 1. The van der Waals surface area contributed by atoms with Gasteiger partial charge in [-0.05, 0) is 31.0 Å². The van der Waals surface area contributed by atoms with Gasteiger partial charge >= 0.3 is 0 Å². The van der Waals surface area contributed by atoms with Crippen molar-refractivity contribution in [3.05, 3.63) is 28.8 Å². The lowest BCUT2D eigenvalue weighted by molar-refractivity contribution is 0.100. The molecule has 1 aliphatic rings. The number of nitriles is 1. The summed E-state index contributed by atoms with van der Waals surface area (Å²) >= 11 is 7.81. The average molecular weight is 254 g/mol. The molecular weight excluding hydrogens is 242 g/mol. The summed E-state index contributed by atoms with van der Waals surface area (Å²) in [5, 5.41) is 9.92. The highest BCUT2D eigenvalue weighted by atomic mass is 35.5. The smallest absolute Gasteiger partial charge is 0.101 e. The van der Waals surface area contributed by atoms with Crippen molar-refractivity contribution in [2.75, 3.05) is 13.2 Å². The Morgan fingerprint density at radius 3 is 2.75 bits per heavy atom. The van der Waals surface area contributed by atoms with Crippen molar-refractivity contribution in [1.82, 2.24) is 0 Å². The fraction of sp³-hybridized carbons (Fsp3) is 0.417. The van der Waals surface area contributed by atoms with Gasteiger partial charge in [0.05, 0.1) is 10.6 Å². The molecule has 1 saturated heterocycles. The fourth-order valence-corrected chi connectivity index (χ4v) is 3.08. The SMILES string of the molecule is N#Cc1ccc(SC2CCOCC2)cc1Cl. The molecule has 2 rings (SSSR count). The van der Waals surface area contributed by atoms with Crippen molar-refractivity contribution in [2.24, 2.45) is 0 Å². The third-order valence-corrected chi connectivity index (χ3v) is 4.18. The normalized spacial score (nSPS) is 17.0. The summed E-state index contributed by atoms with van der Waals surface area (Å²) in [7, 11) is 0. The van der Waals surface area contributed by atoms with E-state index in [0.29, 0.717) is 15.8 Å². The van der Waals surface area contributed by atoms with Crippen LogP contribution in [0.15, 0.2) is 23.1 Å². The van der Waals surface area contributed by atoms with E-state index in [1.54, 1.807) is 6.07 Å². The van der Waals surface area contributed by atoms with E-state index in [0.717, 1.165) is 31.0 Å². The largest absolute Gasteiger partial charge is 0.381 e. The molecule has 84 valence electrons. The molecule has 0 aliphatic carbocycles. The van der Waals surface area contributed by atoms with Crippen LogP contribution in [0.2, 0.25) is 5.02 Å². The molecule has 0 unspecified atom stereocenters. The van der Waals surface area contributed by atoms with Gasteiger partial charge in [-0.15, -0.1) is 11.8 Å². The molecule has 1 heterocycles. The second-order valence-corrected chi connectivity index (χ2v) is 5.46. The number of ether oxygens (including phenoxy) is 1. The van der Waals surface area contributed by atoms with E-state index in [4.69, 9.17) is 21.6 Å². The number of nitrogens with zero attached hydrogens (tertiary/aromatic N) is 1. The molecule has 0 atom stereocenters. The zero-order valence-corrected chi connectivity index (χ0v) is 10.4. The van der Waals surface area contributed by atoms with Crippen molar-refractivity contribution in [3.8, 4) is 6.07 Å². The number of hydrogen-bond donors (Lipinski definition) is 0. The number of rotatable bonds is 2. The molecule has 0 N–H and O–H groups in total. The first kappa shape index (κ1) is 11.8. The van der Waals surface area contributed by atoms with Gasteiger partial charge in [0.2, 0.25) is 0 Å². The lowest BCUT2D eigenvalue weighted by atomic mass is 10.2. The monoisotopic (exact) mass is 253 g/mol. The van der Waals surface area contributed by atoms with E-state index >= 15 is 0 Å². The maximum atomic E-state index is 8.77. The highest BCUT2D eigenvalue weighted by molar-refractivity contribution is 8.00. The Balaban J connectivity index is 2.04. The zero-order chi connectivity index (χ0) is 11.4. The lowest BCUT2D eigenvalue weighted by Crippen LogP contribution is -2.17. The summed E-state index contributed by atoms with van der Waals surface area (Å²) in [6.45, 7) is 1.70. The summed E-state index contributed by atoms with van der Waals surface area (Å²) in [4.78, 5) is 1.14. The van der Waals surface area contributed by atoms with E-state index in [2.05, 4.69) is 6.07 Å². The van der Waals surface area contributed by atoms with Crippen LogP contribution in [0.4, 0.5) is 0 Å². The van der Waals surface area contributed by atoms with Gasteiger partial charge in [-0.25, -0.2) is 0 Å². The minimum Gasteiger partial charge on any atom is -0.381 e. The van der Waals surface area contributed by atoms with Crippen LogP contribution < -0.4 is 0 Å². The topological polar surface area (TPSA) is 33.0 Å². The first-order valence-electron chi connectivity index (χ1n) is 5.23. The maximum Gasteiger partial charge on any atom is 0.101 e. The third kappa shape index (κ3) is 2.91. The van der Waals surface area contributed by atoms with Crippen LogP contribution >= 0.6 is 23.4 Å². The van der Waals surface area contributed by atoms with Crippen molar-refractivity contribution >= 4 is 23.4 Å². The quantitative estimate of drug-likeness (QED) is 0.809. The van der Waals surface area contributed by atoms with Crippen LogP contribution in [0.25, 0.3) is 0 Å². The van der Waals surface area contributed by atoms with E-state index in [1.165, 1.54) is 0 Å². The lowest BCUT2D eigenvalue weighted by Gasteiger charge is -2.21. The first-order chi connectivity index (χ1) is 7.79. The Morgan fingerprint density at radius 1 is 1.38 bits per heavy atom. The summed E-state index contributed by atoms with van der Waals surface area (Å²) in [5.74, 6) is 0. The number of hydrogen-bond acceptors (Lipinski definition) is 3. The molecule has 16 heavy (non-hydrogen) atoms. The zero-order valence-electron chi connectivity index (χ0n) is 8.78. The molecule has 1 aromatic rings. The summed E-state index contributed by atoms with van der Waals surface area (Å²) in [5.41, 5.74) is 0.540. The van der Waals surface area contributed by atoms with Gasteiger partial charge in [0.15, 0.2) is 0 Å². The van der Waals surface area contributed by atoms with E-state index in [1.807, 2.05) is 23.9 Å². The first-order valence-corrected chi connectivity index (χ1v) is 6.49. The summed E-state index contributed by atoms with van der Waals surface area (Å²) in [6.07, 6.45) is 2.17. The molecule has 0 radical (unpaired) electrons. The molecule has 4 heteroatoms. The molecular formula is C12H12ClNOS. The van der Waals surface area contributed by atoms with Crippen molar-refractivity contribution in [1.29, 1.82) is 5.26 Å². The molecule has 0 saturated carbocycles. The second-order valence-electron chi connectivity index (χ2n) is 3.68. The Hall–Kier alpha value is -0.690. The standard InChI is InChI=1S/C12H12ClNOS/c13-12-7-11(2-1-9(12)8-14)16-10-3-5-15-6-4-10/h1-2,7,10H,3-6H2. The number of thioether (sulfide) groups is 1. The Morgan fingerprint density at radius 2 is 2.12 bits per heavy atom. The second kappa shape index (κ2) is 5.58. The van der Waals surface area contributed by atoms with Gasteiger partial charge in [-0.2, -0.15) is 5.26 Å². The van der Waals surface area contributed by atoms with Crippen molar-refractivity contribution < 1.29 is 4.74 Å². The van der Waals surface area contributed by atoms with Gasteiger partial charge in [0.1, 0.15) is 6.07 Å². The van der Waals surface area contributed by atoms with E-state index in [9.17, 15) is 0 Å². The molecule has 0 bridgehead atoms. The van der Waals surface area contributed by atoms with Gasteiger partial charge in [-0.3, -0.25) is 0 Å². The molecule has 2 nitrogen and oxygen atoms in total. The van der Waals surface area contributed by atoms with E-state index in [-0.39, 0.29) is 0 Å². The fourth-order valence-electron chi connectivity index (χ4n) is 1.65. The molecule has 1 aromatic carbocycles. The maximum absolute atomic E-state index is 8.77. The van der Waals surface area contributed by atoms with Crippen LogP contribution in [0.1, 0.15) is 18.4 Å². The molecule has 1 aliphatic heterocycles. The molecule has 0 aromatic heterocycles. The van der Waals surface area contributed by atoms with Crippen LogP contribution in [-0.4, -0.2) is 18.5 Å². The third-order valence-electron chi connectivity index (χ3n) is 2.53. The summed E-state index contributed by atoms with van der Waals surface area (Å²) < 4.78 is 5.32. The predicted octanol–water partition coefficient (Wildman–Crippen LogP) is 3.48. The van der Waals surface area contributed by atoms with Gasteiger partial charge in [-0.1, -0.05) is 11.6 Å². The van der Waals surface area contributed by atoms with Crippen LogP contribution in [-0.2, 0) is 4.74 Å². The molecule has 0 spiro atoms. The average Bonchev–Trinajstić information content (AvgIpc) is 2.31. The Labute approximate surface area is 105 Å². The van der Waals surface area contributed by atoms with Crippen LogP contribution in [0.3, 0.4) is 0 Å². The minimum atomic E-state index is 0.540. The van der Waals surface area contributed by atoms with Crippen molar-refractivity contribution in [2.45, 2.75) is 23.0 Å². The van der Waals surface area contributed by atoms with Crippen LogP contribution in [0, 0.1) is 11.3 Å². The predicted molar refractivity (Wildman–Crippen MR) is 65.9 cm³/mol. The highest BCUT2D eigenvalue weighted by Crippen LogP contribution is 2.32. The summed E-state index contributed by atoms with van der Waals surface area (Å²) in [6, 6.07) is 7.68. The Kier molecular flexibility index (Phi) is 4.11. The minimum absolute atomic E-state index is 0.540. The van der Waals surface area contributed by atoms with Crippen LogP contribution in [0.5, 0.6) is 0 Å².